The number of rotatable bonds is 2. The van der Waals surface area contributed by atoms with Gasteiger partial charge in [0, 0.05) is 6.04 Å². The van der Waals surface area contributed by atoms with Gasteiger partial charge in [-0.25, -0.2) is 4.79 Å². The lowest BCUT2D eigenvalue weighted by molar-refractivity contribution is 0.0175. The van der Waals surface area contributed by atoms with Gasteiger partial charge in [0.15, 0.2) is 0 Å². The van der Waals surface area contributed by atoms with Crippen LogP contribution in [0.1, 0.15) is 51.2 Å². The fourth-order valence-corrected chi connectivity index (χ4v) is 3.51. The summed E-state index contributed by atoms with van der Waals surface area (Å²) in [6.45, 7) is 5.76. The lowest BCUT2D eigenvalue weighted by Gasteiger charge is -2.35. The van der Waals surface area contributed by atoms with Crippen LogP contribution in [0, 0.1) is 0 Å². The first-order valence-corrected chi connectivity index (χ1v) is 8.29. The monoisotopic (exact) mass is 315 g/mol. The van der Waals surface area contributed by atoms with E-state index in [2.05, 4.69) is 12.1 Å². The normalized spacial score (nSPS) is 23.7. The molecule has 0 aliphatic carbocycles. The standard InChI is InChI=1S/C19H25NO3/c1-19(2,3)23-18(22)20-16-7-8-17(20)11-15(10-16)14-6-4-5-13(9-14)12-21/h4-6,9-10,16-17,21H,7-8,11-12H2,1-3H3. The highest BCUT2D eigenvalue weighted by Crippen LogP contribution is 2.39. The third-order valence-electron chi connectivity index (χ3n) is 4.48. The van der Waals surface area contributed by atoms with Crippen LogP contribution in [-0.2, 0) is 11.3 Å². The van der Waals surface area contributed by atoms with E-state index in [4.69, 9.17) is 4.74 Å². The molecule has 1 saturated heterocycles. The predicted octanol–water partition coefficient (Wildman–Crippen LogP) is 3.73. The molecule has 0 aromatic heterocycles. The van der Waals surface area contributed by atoms with Crippen LogP contribution in [0.2, 0.25) is 0 Å². The van der Waals surface area contributed by atoms with Gasteiger partial charge in [-0.05, 0) is 62.8 Å². The summed E-state index contributed by atoms with van der Waals surface area (Å²) >= 11 is 0. The second kappa shape index (κ2) is 6.00. The number of aliphatic hydroxyl groups is 1. The van der Waals surface area contributed by atoms with Gasteiger partial charge in [-0.15, -0.1) is 0 Å². The van der Waals surface area contributed by atoms with Crippen LogP contribution in [-0.4, -0.2) is 33.8 Å². The highest BCUT2D eigenvalue weighted by molar-refractivity contribution is 5.75. The highest BCUT2D eigenvalue weighted by Gasteiger charge is 2.41. The number of nitrogens with zero attached hydrogens (tertiary/aromatic N) is 1. The zero-order valence-electron chi connectivity index (χ0n) is 14.1. The number of hydrogen-bond donors (Lipinski definition) is 1. The fourth-order valence-electron chi connectivity index (χ4n) is 3.51. The maximum absolute atomic E-state index is 12.5. The van der Waals surface area contributed by atoms with Crippen molar-refractivity contribution in [3.8, 4) is 0 Å². The van der Waals surface area contributed by atoms with E-state index in [-0.39, 0.29) is 24.8 Å². The lowest BCUT2D eigenvalue weighted by Crippen LogP contribution is -2.45. The number of carbonyl (C=O) groups is 1. The first-order chi connectivity index (χ1) is 10.9. The summed E-state index contributed by atoms with van der Waals surface area (Å²) in [5.74, 6) is 0. The van der Waals surface area contributed by atoms with Gasteiger partial charge >= 0.3 is 6.09 Å². The van der Waals surface area contributed by atoms with E-state index in [1.54, 1.807) is 0 Å². The second-order valence-electron chi connectivity index (χ2n) is 7.44. The summed E-state index contributed by atoms with van der Waals surface area (Å²) in [4.78, 5) is 14.4. The van der Waals surface area contributed by atoms with Crippen molar-refractivity contribution in [3.63, 3.8) is 0 Å². The summed E-state index contributed by atoms with van der Waals surface area (Å²) in [6.07, 6.45) is 4.86. The number of hydrogen-bond acceptors (Lipinski definition) is 3. The molecular weight excluding hydrogens is 290 g/mol. The first kappa shape index (κ1) is 16.1. The van der Waals surface area contributed by atoms with E-state index in [0.29, 0.717) is 0 Å². The van der Waals surface area contributed by atoms with Crippen LogP contribution < -0.4 is 0 Å². The molecule has 4 heteroatoms. The van der Waals surface area contributed by atoms with Crippen molar-refractivity contribution in [3.05, 3.63) is 41.5 Å². The topological polar surface area (TPSA) is 49.8 Å². The summed E-state index contributed by atoms with van der Waals surface area (Å²) in [5, 5.41) is 9.31. The minimum atomic E-state index is -0.462. The van der Waals surface area contributed by atoms with E-state index in [9.17, 15) is 9.90 Å². The Balaban J connectivity index is 1.81. The van der Waals surface area contributed by atoms with Crippen molar-refractivity contribution in [2.75, 3.05) is 0 Å². The number of ether oxygens (including phenoxy) is 1. The molecule has 2 bridgehead atoms. The molecule has 2 atom stereocenters. The van der Waals surface area contributed by atoms with Gasteiger partial charge in [-0.3, -0.25) is 4.90 Å². The Labute approximate surface area is 137 Å². The predicted molar refractivity (Wildman–Crippen MR) is 89.8 cm³/mol. The Kier molecular flexibility index (Phi) is 4.19. The van der Waals surface area contributed by atoms with Crippen LogP contribution >= 0.6 is 0 Å². The van der Waals surface area contributed by atoms with Crippen molar-refractivity contribution >= 4 is 11.7 Å². The van der Waals surface area contributed by atoms with Gasteiger partial charge < -0.3 is 9.84 Å². The van der Waals surface area contributed by atoms with Crippen molar-refractivity contribution in [1.82, 2.24) is 4.90 Å². The summed E-state index contributed by atoms with van der Waals surface area (Å²) in [7, 11) is 0. The maximum atomic E-state index is 12.5. The molecule has 1 aromatic carbocycles. The number of benzene rings is 1. The molecule has 0 spiro atoms. The quantitative estimate of drug-likeness (QED) is 0.904. The second-order valence-corrected chi connectivity index (χ2v) is 7.44. The van der Waals surface area contributed by atoms with Gasteiger partial charge in [0.05, 0.1) is 12.6 Å². The summed E-state index contributed by atoms with van der Waals surface area (Å²) in [6, 6.07) is 8.35. The molecule has 0 saturated carbocycles. The molecule has 1 aromatic rings. The van der Waals surface area contributed by atoms with Gasteiger partial charge in [0.25, 0.3) is 0 Å². The van der Waals surface area contributed by atoms with Crippen LogP contribution in [0.25, 0.3) is 5.57 Å². The smallest absolute Gasteiger partial charge is 0.411 e. The molecule has 4 nitrogen and oxygen atoms in total. The largest absolute Gasteiger partial charge is 0.444 e. The molecule has 2 aliphatic rings. The minimum absolute atomic E-state index is 0.0536. The van der Waals surface area contributed by atoms with E-state index in [0.717, 1.165) is 30.4 Å². The highest BCUT2D eigenvalue weighted by atomic mass is 16.6. The summed E-state index contributed by atoms with van der Waals surface area (Å²) in [5.41, 5.74) is 2.88. The molecule has 2 aliphatic heterocycles. The fraction of sp³-hybridized carbons (Fsp3) is 0.526. The number of fused-ring (bicyclic) bond motifs is 2. The Morgan fingerprint density at radius 2 is 2.13 bits per heavy atom. The lowest BCUT2D eigenvalue weighted by atomic mass is 9.94. The third kappa shape index (κ3) is 3.42. The average molecular weight is 315 g/mol. The first-order valence-electron chi connectivity index (χ1n) is 8.29. The van der Waals surface area contributed by atoms with E-state index < -0.39 is 5.60 Å². The van der Waals surface area contributed by atoms with E-state index in [1.165, 1.54) is 5.57 Å². The molecule has 23 heavy (non-hydrogen) atoms. The molecule has 1 N–H and O–H groups in total. The van der Waals surface area contributed by atoms with Crippen molar-refractivity contribution in [1.29, 1.82) is 0 Å². The SMILES string of the molecule is CC(C)(C)OC(=O)N1C2C=C(c3cccc(CO)c3)CC1CC2. The van der Waals surface area contributed by atoms with E-state index in [1.807, 2.05) is 43.9 Å². The van der Waals surface area contributed by atoms with Crippen molar-refractivity contribution in [2.45, 2.75) is 64.3 Å². The van der Waals surface area contributed by atoms with Crippen molar-refractivity contribution in [2.24, 2.45) is 0 Å². The van der Waals surface area contributed by atoms with Crippen LogP contribution in [0.3, 0.4) is 0 Å². The molecule has 3 rings (SSSR count). The summed E-state index contributed by atoms with van der Waals surface area (Å²) < 4.78 is 5.56. The molecule has 1 amide bonds. The Hall–Kier alpha value is -1.81. The minimum Gasteiger partial charge on any atom is -0.444 e. The Morgan fingerprint density at radius 1 is 1.35 bits per heavy atom. The zero-order valence-corrected chi connectivity index (χ0v) is 14.1. The van der Waals surface area contributed by atoms with Gasteiger partial charge in [0.1, 0.15) is 5.60 Å². The molecule has 2 heterocycles. The number of amides is 1. The molecular formula is C19H25NO3. The maximum Gasteiger partial charge on any atom is 0.411 e. The van der Waals surface area contributed by atoms with Crippen LogP contribution in [0.4, 0.5) is 4.79 Å². The Bertz CT molecular complexity index is 630. The van der Waals surface area contributed by atoms with E-state index >= 15 is 0 Å². The average Bonchev–Trinajstić information content (AvgIpc) is 2.76. The Morgan fingerprint density at radius 3 is 2.78 bits per heavy atom. The molecule has 1 fully saturated rings. The zero-order chi connectivity index (χ0) is 16.6. The van der Waals surface area contributed by atoms with Gasteiger partial charge in [-0.2, -0.15) is 0 Å². The molecule has 124 valence electrons. The van der Waals surface area contributed by atoms with Crippen molar-refractivity contribution < 1.29 is 14.6 Å². The molecule has 0 radical (unpaired) electrons. The molecule has 2 unspecified atom stereocenters. The number of carbonyl (C=O) groups excluding carboxylic acids is 1. The van der Waals surface area contributed by atoms with Crippen LogP contribution in [0.5, 0.6) is 0 Å². The van der Waals surface area contributed by atoms with Crippen LogP contribution in [0.15, 0.2) is 30.3 Å². The number of aliphatic hydroxyl groups excluding tert-OH is 1. The third-order valence-corrected chi connectivity index (χ3v) is 4.48. The van der Waals surface area contributed by atoms with Gasteiger partial charge in [-0.1, -0.05) is 24.3 Å². The van der Waals surface area contributed by atoms with Gasteiger partial charge in [0.2, 0.25) is 0 Å².